The fraction of sp³-hybridized carbons (Fsp3) is 0.133. The van der Waals surface area contributed by atoms with Crippen molar-refractivity contribution in [3.8, 4) is 0 Å². The Kier molecular flexibility index (Phi) is 5.40. The summed E-state index contributed by atoms with van der Waals surface area (Å²) in [6, 6.07) is 4.82. The van der Waals surface area contributed by atoms with E-state index in [0.29, 0.717) is 0 Å². The molecule has 0 saturated heterocycles. The summed E-state index contributed by atoms with van der Waals surface area (Å²) in [5, 5.41) is 10.6. The fourth-order valence-electron chi connectivity index (χ4n) is 2.08. The van der Waals surface area contributed by atoms with Gasteiger partial charge in [-0.25, -0.2) is 22.4 Å². The van der Waals surface area contributed by atoms with Gasteiger partial charge in [-0.2, -0.15) is 18.4 Å². The molecule has 2 aromatic carbocycles. The van der Waals surface area contributed by atoms with E-state index in [1.54, 1.807) is 0 Å². The van der Waals surface area contributed by atoms with Crippen LogP contribution < -0.4 is 5.32 Å². The van der Waals surface area contributed by atoms with E-state index in [1.165, 1.54) is 18.2 Å². The molecule has 11 heteroatoms. The normalized spacial score (nSPS) is 11.4. The second-order valence-electron chi connectivity index (χ2n) is 4.92. The fourth-order valence-corrected chi connectivity index (χ4v) is 2.08. The molecule has 0 aliphatic carbocycles. The van der Waals surface area contributed by atoms with Crippen LogP contribution in [-0.2, 0) is 17.6 Å². The lowest BCUT2D eigenvalue weighted by Crippen LogP contribution is -2.18. The number of alkyl halides is 3. The molecule has 2 N–H and O–H groups in total. The Balaban J connectivity index is 2.36. The van der Waals surface area contributed by atoms with Crippen molar-refractivity contribution in [2.24, 2.45) is 0 Å². The molecule has 4 nitrogen and oxygen atoms in total. The number of halogens is 7. The molecule has 0 unspecified atom stereocenters. The summed E-state index contributed by atoms with van der Waals surface area (Å²) >= 11 is 0. The van der Waals surface area contributed by atoms with Crippen molar-refractivity contribution < 1.29 is 45.7 Å². The SMILES string of the molecule is O=C(OO)c1cccc(NCc2c(F)c(F)c(C(F)(F)F)c(F)c2F)c1. The van der Waals surface area contributed by atoms with Crippen molar-refractivity contribution in [1.29, 1.82) is 0 Å². The van der Waals surface area contributed by atoms with Gasteiger partial charge in [-0.1, -0.05) is 6.07 Å². The van der Waals surface area contributed by atoms with Gasteiger partial charge in [0.15, 0.2) is 23.3 Å². The van der Waals surface area contributed by atoms with Crippen molar-refractivity contribution in [1.82, 2.24) is 0 Å². The first-order valence-electron chi connectivity index (χ1n) is 6.69. The van der Waals surface area contributed by atoms with E-state index in [0.717, 1.165) is 6.07 Å². The molecule has 0 fully saturated rings. The summed E-state index contributed by atoms with van der Waals surface area (Å²) in [4.78, 5) is 14.6. The first-order chi connectivity index (χ1) is 12.1. The molecule has 0 spiro atoms. The molecule has 0 atom stereocenters. The van der Waals surface area contributed by atoms with Crippen molar-refractivity contribution in [2.75, 3.05) is 5.32 Å². The van der Waals surface area contributed by atoms with E-state index in [4.69, 9.17) is 5.26 Å². The highest BCUT2D eigenvalue weighted by atomic mass is 19.4. The maximum Gasteiger partial charge on any atom is 0.422 e. The molecule has 2 aromatic rings. The monoisotopic (exact) mass is 383 g/mol. The van der Waals surface area contributed by atoms with Crippen LogP contribution in [0.2, 0.25) is 0 Å². The molecular formula is C15H8F7NO3. The summed E-state index contributed by atoms with van der Waals surface area (Å²) in [7, 11) is 0. The number of anilines is 1. The van der Waals surface area contributed by atoms with Gasteiger partial charge in [0, 0.05) is 17.8 Å². The predicted molar refractivity (Wildman–Crippen MR) is 73.1 cm³/mol. The average molecular weight is 383 g/mol. The lowest BCUT2D eigenvalue weighted by atomic mass is 10.1. The Morgan fingerprint density at radius 2 is 1.62 bits per heavy atom. The van der Waals surface area contributed by atoms with Crippen LogP contribution in [-0.4, -0.2) is 11.2 Å². The molecule has 0 aliphatic heterocycles. The maximum atomic E-state index is 13.8. The van der Waals surface area contributed by atoms with Gasteiger partial charge in [0.1, 0.15) is 5.56 Å². The van der Waals surface area contributed by atoms with Crippen molar-refractivity contribution in [2.45, 2.75) is 12.7 Å². The number of carbonyl (C=O) groups excluding carboxylic acids is 1. The summed E-state index contributed by atoms with van der Waals surface area (Å²) < 4.78 is 92.1. The van der Waals surface area contributed by atoms with Crippen molar-refractivity contribution >= 4 is 11.7 Å². The third-order valence-electron chi connectivity index (χ3n) is 3.29. The zero-order valence-corrected chi connectivity index (χ0v) is 12.4. The Hall–Kier alpha value is -2.82. The van der Waals surface area contributed by atoms with E-state index >= 15 is 0 Å². The van der Waals surface area contributed by atoms with E-state index in [1.807, 2.05) is 0 Å². The highest BCUT2D eigenvalue weighted by Gasteiger charge is 2.42. The van der Waals surface area contributed by atoms with Crippen LogP contribution in [0.25, 0.3) is 0 Å². The highest BCUT2D eigenvalue weighted by Crippen LogP contribution is 2.37. The molecule has 0 bridgehead atoms. The van der Waals surface area contributed by atoms with Gasteiger partial charge >= 0.3 is 12.1 Å². The number of rotatable bonds is 4. The lowest BCUT2D eigenvalue weighted by Gasteiger charge is -2.15. The quantitative estimate of drug-likeness (QED) is 0.353. The summed E-state index contributed by atoms with van der Waals surface area (Å²) in [6.07, 6.45) is -5.62. The lowest BCUT2D eigenvalue weighted by molar-refractivity contribution is -0.182. The zero-order chi connectivity index (χ0) is 19.6. The third-order valence-corrected chi connectivity index (χ3v) is 3.29. The summed E-state index contributed by atoms with van der Waals surface area (Å²) in [5.41, 5.74) is -4.14. The Bertz CT molecular complexity index is 823. The Morgan fingerprint density at radius 1 is 1.04 bits per heavy atom. The number of carbonyl (C=O) groups is 1. The van der Waals surface area contributed by atoms with E-state index in [9.17, 15) is 35.5 Å². The molecule has 0 heterocycles. The van der Waals surface area contributed by atoms with Gasteiger partial charge in [-0.3, -0.25) is 4.89 Å². The van der Waals surface area contributed by atoms with Crippen molar-refractivity contribution in [3.63, 3.8) is 0 Å². The van der Waals surface area contributed by atoms with Gasteiger partial charge in [-0.15, -0.1) is 0 Å². The van der Waals surface area contributed by atoms with Crippen LogP contribution in [0.5, 0.6) is 0 Å². The van der Waals surface area contributed by atoms with Crippen LogP contribution in [0.1, 0.15) is 21.5 Å². The summed E-state index contributed by atoms with van der Waals surface area (Å²) in [5.74, 6) is -10.7. The van der Waals surface area contributed by atoms with Gasteiger partial charge in [-0.05, 0) is 18.2 Å². The molecule has 2 rings (SSSR count). The molecular weight excluding hydrogens is 375 g/mol. The van der Waals surface area contributed by atoms with Crippen molar-refractivity contribution in [3.05, 3.63) is 64.2 Å². The van der Waals surface area contributed by atoms with Gasteiger partial charge in [0.2, 0.25) is 0 Å². The minimum absolute atomic E-state index is 0.00687. The Labute approximate surface area is 140 Å². The number of nitrogens with one attached hydrogen (secondary N) is 1. The van der Waals surface area contributed by atoms with Gasteiger partial charge in [0.05, 0.1) is 5.56 Å². The molecule has 140 valence electrons. The van der Waals surface area contributed by atoms with Crippen LogP contribution >= 0.6 is 0 Å². The van der Waals surface area contributed by atoms with Crippen LogP contribution in [0.3, 0.4) is 0 Å². The maximum absolute atomic E-state index is 13.8. The molecule has 0 aliphatic rings. The molecule has 26 heavy (non-hydrogen) atoms. The minimum Gasteiger partial charge on any atom is -0.381 e. The molecule has 0 aromatic heterocycles. The minimum atomic E-state index is -5.62. The molecule has 0 saturated carbocycles. The largest absolute Gasteiger partial charge is 0.422 e. The molecule has 0 radical (unpaired) electrons. The smallest absolute Gasteiger partial charge is 0.381 e. The van der Waals surface area contributed by atoms with Gasteiger partial charge in [0.25, 0.3) is 0 Å². The predicted octanol–water partition coefficient (Wildman–Crippen LogP) is 4.50. The zero-order valence-electron chi connectivity index (χ0n) is 12.4. The van der Waals surface area contributed by atoms with E-state index < -0.39 is 53.1 Å². The summed E-state index contributed by atoms with van der Waals surface area (Å²) in [6.45, 7) is -0.929. The standard InChI is InChI=1S/C15H8F7NO3/c16-10-8(11(17)13(19)9(12(10)18)15(20,21)22)5-23-7-3-1-2-6(4-7)14(24)26-25/h1-4,23,25H,5H2. The Morgan fingerprint density at radius 3 is 2.12 bits per heavy atom. The molecule has 0 amide bonds. The second kappa shape index (κ2) is 7.20. The number of hydrogen-bond donors (Lipinski definition) is 2. The number of hydrogen-bond acceptors (Lipinski definition) is 4. The average Bonchev–Trinajstić information content (AvgIpc) is 2.58. The topological polar surface area (TPSA) is 58.6 Å². The second-order valence-corrected chi connectivity index (χ2v) is 4.92. The van der Waals surface area contributed by atoms with E-state index in [2.05, 4.69) is 10.2 Å². The van der Waals surface area contributed by atoms with Crippen LogP contribution in [0.4, 0.5) is 36.4 Å². The van der Waals surface area contributed by atoms with Crippen LogP contribution in [0.15, 0.2) is 24.3 Å². The van der Waals surface area contributed by atoms with Crippen LogP contribution in [0, 0.1) is 23.3 Å². The highest BCUT2D eigenvalue weighted by molar-refractivity contribution is 5.90. The van der Waals surface area contributed by atoms with E-state index in [-0.39, 0.29) is 11.3 Å². The first-order valence-corrected chi connectivity index (χ1v) is 6.69. The first kappa shape index (κ1) is 19.5. The van der Waals surface area contributed by atoms with Gasteiger partial charge < -0.3 is 5.32 Å². The number of benzene rings is 2. The third kappa shape index (κ3) is 3.72.